The van der Waals surface area contributed by atoms with Crippen molar-refractivity contribution < 1.29 is 18.7 Å². The molecule has 2 aromatic carbocycles. The highest BCUT2D eigenvalue weighted by molar-refractivity contribution is 5.82. The minimum atomic E-state index is -0.548. The molecule has 0 atom stereocenters. The van der Waals surface area contributed by atoms with E-state index in [1.165, 1.54) is 6.07 Å². The highest BCUT2D eigenvalue weighted by atomic mass is 19.1. The largest absolute Gasteiger partial charge is 0.425 e. The fourth-order valence-electron chi connectivity index (χ4n) is 1.98. The van der Waals surface area contributed by atoms with Crippen LogP contribution in [0.3, 0.4) is 0 Å². The van der Waals surface area contributed by atoms with Gasteiger partial charge >= 0.3 is 5.97 Å². The van der Waals surface area contributed by atoms with E-state index in [-0.39, 0.29) is 31.1 Å². The lowest BCUT2D eigenvalue weighted by atomic mass is 10.1. The van der Waals surface area contributed by atoms with Gasteiger partial charge in [-0.05, 0) is 37.1 Å². The smallest absolute Gasteiger partial charge is 0.330 e. The zero-order valence-electron chi connectivity index (χ0n) is 12.8. The summed E-state index contributed by atoms with van der Waals surface area (Å²) in [5.74, 6) is -0.775. The van der Waals surface area contributed by atoms with Gasteiger partial charge in [0.2, 0.25) is 5.91 Å². The molecule has 2 rings (SSSR count). The topological polar surface area (TPSA) is 55.4 Å². The van der Waals surface area contributed by atoms with Crippen LogP contribution in [0.15, 0.2) is 48.5 Å². The Bertz CT molecular complexity index is 683. The Balaban J connectivity index is 1.72. The van der Waals surface area contributed by atoms with E-state index in [0.29, 0.717) is 11.3 Å². The summed E-state index contributed by atoms with van der Waals surface area (Å²) in [5, 5.41) is 2.47. The van der Waals surface area contributed by atoms with E-state index in [1.807, 2.05) is 19.1 Å². The average molecular weight is 315 g/mol. The number of ether oxygens (including phenoxy) is 1. The van der Waals surface area contributed by atoms with Crippen molar-refractivity contribution in [3.8, 4) is 5.75 Å². The number of rotatable bonds is 6. The number of amides is 1. The van der Waals surface area contributed by atoms with Crippen LogP contribution in [0.2, 0.25) is 0 Å². The number of nitrogens with one attached hydrogen (secondary N) is 1. The number of carbonyl (C=O) groups is 2. The predicted octanol–water partition coefficient (Wildman–Crippen LogP) is 2.79. The lowest BCUT2D eigenvalue weighted by Crippen LogP contribution is -2.32. The number of benzene rings is 2. The lowest BCUT2D eigenvalue weighted by Gasteiger charge is -2.07. The highest BCUT2D eigenvalue weighted by Crippen LogP contribution is 2.11. The molecular formula is C18H18FNO3. The second kappa shape index (κ2) is 8.08. The van der Waals surface area contributed by atoms with Gasteiger partial charge < -0.3 is 10.1 Å². The summed E-state index contributed by atoms with van der Waals surface area (Å²) in [4.78, 5) is 23.3. The molecule has 0 saturated carbocycles. The molecule has 0 aromatic heterocycles. The van der Waals surface area contributed by atoms with Crippen molar-refractivity contribution in [3.63, 3.8) is 0 Å². The maximum atomic E-state index is 13.4. The Morgan fingerprint density at radius 1 is 1.09 bits per heavy atom. The summed E-state index contributed by atoms with van der Waals surface area (Å²) in [6.07, 6.45) is 0.393. The Hall–Kier alpha value is -2.69. The summed E-state index contributed by atoms with van der Waals surface area (Å²) < 4.78 is 18.5. The van der Waals surface area contributed by atoms with Crippen LogP contribution in [0.4, 0.5) is 4.39 Å². The van der Waals surface area contributed by atoms with Gasteiger partial charge in [-0.25, -0.2) is 9.18 Å². The van der Waals surface area contributed by atoms with Crippen LogP contribution in [0.1, 0.15) is 17.5 Å². The van der Waals surface area contributed by atoms with E-state index in [1.54, 1.807) is 30.3 Å². The molecule has 0 fully saturated rings. The third-order valence-corrected chi connectivity index (χ3v) is 3.26. The van der Waals surface area contributed by atoms with Gasteiger partial charge in [0, 0.05) is 6.42 Å². The van der Waals surface area contributed by atoms with Crippen LogP contribution >= 0.6 is 0 Å². The Kier molecular flexibility index (Phi) is 5.86. The van der Waals surface area contributed by atoms with E-state index in [9.17, 15) is 14.0 Å². The number of aryl methyl sites for hydroxylation is 2. The fraction of sp³-hybridized carbons (Fsp3) is 0.222. The molecule has 23 heavy (non-hydrogen) atoms. The number of halogens is 1. The molecule has 0 aliphatic heterocycles. The molecule has 0 aliphatic carbocycles. The van der Waals surface area contributed by atoms with Crippen LogP contribution in [0, 0.1) is 12.7 Å². The van der Waals surface area contributed by atoms with Crippen LogP contribution < -0.4 is 10.1 Å². The second-order valence-electron chi connectivity index (χ2n) is 5.16. The maximum absolute atomic E-state index is 13.4. The monoisotopic (exact) mass is 315 g/mol. The minimum absolute atomic E-state index is 0.110. The molecule has 1 N–H and O–H groups in total. The number of carbonyl (C=O) groups excluding carboxylic acids is 2. The average Bonchev–Trinajstić information content (AvgIpc) is 2.54. The first-order valence-corrected chi connectivity index (χ1v) is 7.32. The van der Waals surface area contributed by atoms with Crippen LogP contribution in [0.25, 0.3) is 0 Å². The minimum Gasteiger partial charge on any atom is -0.425 e. The van der Waals surface area contributed by atoms with Crippen LogP contribution in [0.5, 0.6) is 5.75 Å². The van der Waals surface area contributed by atoms with Gasteiger partial charge in [-0.1, -0.05) is 35.9 Å². The van der Waals surface area contributed by atoms with E-state index in [4.69, 9.17) is 4.74 Å². The predicted molar refractivity (Wildman–Crippen MR) is 84.5 cm³/mol. The van der Waals surface area contributed by atoms with Crippen LogP contribution in [-0.2, 0) is 16.0 Å². The molecule has 0 radical (unpaired) electrons. The molecular weight excluding hydrogens is 297 g/mol. The van der Waals surface area contributed by atoms with E-state index >= 15 is 0 Å². The van der Waals surface area contributed by atoms with Gasteiger partial charge in [0.1, 0.15) is 18.1 Å². The van der Waals surface area contributed by atoms with Crippen molar-refractivity contribution in [1.29, 1.82) is 0 Å². The first kappa shape index (κ1) is 16.7. The molecule has 1 amide bonds. The lowest BCUT2D eigenvalue weighted by molar-refractivity contribution is -0.135. The summed E-state index contributed by atoms with van der Waals surface area (Å²) >= 11 is 0. The summed E-state index contributed by atoms with van der Waals surface area (Å²) in [6.45, 7) is 1.71. The summed E-state index contributed by atoms with van der Waals surface area (Å²) in [7, 11) is 0. The standard InChI is InChI=1S/C18H18FNO3/c1-13-6-9-15(10-7-13)23-18(22)12-20-17(21)11-8-14-4-2-3-5-16(14)19/h2-7,9-10H,8,11-12H2,1H3,(H,20,21). The molecule has 0 saturated heterocycles. The second-order valence-corrected chi connectivity index (χ2v) is 5.16. The SMILES string of the molecule is Cc1ccc(OC(=O)CNC(=O)CCc2ccccc2F)cc1. The summed E-state index contributed by atoms with van der Waals surface area (Å²) in [6, 6.07) is 13.3. The van der Waals surface area contributed by atoms with Crippen molar-refractivity contribution in [2.24, 2.45) is 0 Å². The van der Waals surface area contributed by atoms with Crippen molar-refractivity contribution >= 4 is 11.9 Å². The molecule has 4 nitrogen and oxygen atoms in total. The summed E-state index contributed by atoms with van der Waals surface area (Å²) in [5.41, 5.74) is 1.54. The van der Waals surface area contributed by atoms with E-state index in [2.05, 4.69) is 5.32 Å². The molecule has 5 heteroatoms. The Morgan fingerprint density at radius 3 is 2.48 bits per heavy atom. The van der Waals surface area contributed by atoms with Gasteiger partial charge in [-0.3, -0.25) is 4.79 Å². The molecule has 0 bridgehead atoms. The zero-order chi connectivity index (χ0) is 16.7. The van der Waals surface area contributed by atoms with Crippen molar-refractivity contribution in [1.82, 2.24) is 5.32 Å². The van der Waals surface area contributed by atoms with Crippen LogP contribution in [-0.4, -0.2) is 18.4 Å². The third kappa shape index (κ3) is 5.54. The van der Waals surface area contributed by atoms with E-state index < -0.39 is 5.97 Å². The molecule has 0 spiro atoms. The number of hydrogen-bond acceptors (Lipinski definition) is 3. The molecule has 0 unspecified atom stereocenters. The fourth-order valence-corrected chi connectivity index (χ4v) is 1.98. The molecule has 0 aliphatic rings. The molecule has 0 heterocycles. The van der Waals surface area contributed by atoms with Gasteiger partial charge in [0.25, 0.3) is 0 Å². The Labute approximate surface area is 134 Å². The normalized spacial score (nSPS) is 10.2. The Morgan fingerprint density at radius 2 is 1.78 bits per heavy atom. The zero-order valence-corrected chi connectivity index (χ0v) is 12.8. The molecule has 2 aromatic rings. The van der Waals surface area contributed by atoms with E-state index in [0.717, 1.165) is 5.56 Å². The van der Waals surface area contributed by atoms with Gasteiger partial charge in [-0.2, -0.15) is 0 Å². The third-order valence-electron chi connectivity index (χ3n) is 3.26. The van der Waals surface area contributed by atoms with Gasteiger partial charge in [0.15, 0.2) is 0 Å². The number of esters is 1. The first-order chi connectivity index (χ1) is 11.0. The van der Waals surface area contributed by atoms with Crippen molar-refractivity contribution in [3.05, 3.63) is 65.5 Å². The highest BCUT2D eigenvalue weighted by Gasteiger charge is 2.09. The van der Waals surface area contributed by atoms with Gasteiger partial charge in [0.05, 0.1) is 0 Å². The quantitative estimate of drug-likeness (QED) is 0.659. The van der Waals surface area contributed by atoms with Crippen molar-refractivity contribution in [2.75, 3.05) is 6.54 Å². The molecule has 120 valence electrons. The maximum Gasteiger partial charge on any atom is 0.330 e. The van der Waals surface area contributed by atoms with Gasteiger partial charge in [-0.15, -0.1) is 0 Å². The number of hydrogen-bond donors (Lipinski definition) is 1. The first-order valence-electron chi connectivity index (χ1n) is 7.32. The van der Waals surface area contributed by atoms with Crippen molar-refractivity contribution in [2.45, 2.75) is 19.8 Å².